The summed E-state index contributed by atoms with van der Waals surface area (Å²) in [5, 5.41) is 9.31. The van der Waals surface area contributed by atoms with Crippen LogP contribution in [0.1, 0.15) is 28.8 Å². The van der Waals surface area contributed by atoms with Crippen molar-refractivity contribution in [1.82, 2.24) is 24.6 Å². The minimum atomic E-state index is -4.40. The molecule has 10 heteroatoms. The van der Waals surface area contributed by atoms with E-state index in [1.54, 1.807) is 17.8 Å². The van der Waals surface area contributed by atoms with Gasteiger partial charge in [-0.3, -0.25) is 18.9 Å². The number of alkyl halides is 3. The topological polar surface area (TPSA) is 64.3 Å². The van der Waals surface area contributed by atoms with Crippen LogP contribution in [0.25, 0.3) is 27.6 Å². The maximum Gasteiger partial charge on any atom is 0.416 e. The third kappa shape index (κ3) is 3.94. The Bertz CT molecular complexity index is 1440. The van der Waals surface area contributed by atoms with E-state index in [-0.39, 0.29) is 11.4 Å². The van der Waals surface area contributed by atoms with Gasteiger partial charge in [0.2, 0.25) is 0 Å². The van der Waals surface area contributed by atoms with Gasteiger partial charge in [-0.25, -0.2) is 0 Å². The maximum atomic E-state index is 13.1. The first-order valence-electron chi connectivity index (χ1n) is 12.0. The van der Waals surface area contributed by atoms with Crippen LogP contribution in [0.5, 0.6) is 0 Å². The van der Waals surface area contributed by atoms with Gasteiger partial charge in [0.05, 0.1) is 24.3 Å². The standard InChI is InChI=1S/C26H26F3N5O2/c1-32-15-21-20-14-17(24(35)30-16-25(8-9-25)33-10-12-36-13-11-33)2-7-22(20)34(23(21)31-32)19-5-3-18(4-6-19)26(27,28)29/h2-7,14-15H,8-13,16H2,1H3,(H,30,35). The molecule has 1 aliphatic carbocycles. The minimum absolute atomic E-state index is 0.0338. The van der Waals surface area contributed by atoms with Crippen LogP contribution in [0.4, 0.5) is 13.2 Å². The van der Waals surface area contributed by atoms with Crippen molar-refractivity contribution in [3.8, 4) is 5.69 Å². The molecule has 6 rings (SSSR count). The van der Waals surface area contributed by atoms with Crippen molar-refractivity contribution >= 4 is 27.8 Å². The Morgan fingerprint density at radius 1 is 1.08 bits per heavy atom. The molecule has 2 aromatic carbocycles. The van der Waals surface area contributed by atoms with Crippen LogP contribution >= 0.6 is 0 Å². The number of aromatic nitrogens is 3. The Balaban J connectivity index is 1.31. The molecule has 3 heterocycles. The molecule has 4 aromatic rings. The second kappa shape index (κ2) is 8.35. The van der Waals surface area contributed by atoms with Crippen LogP contribution in [0.2, 0.25) is 0 Å². The summed E-state index contributed by atoms with van der Waals surface area (Å²) in [6.45, 7) is 3.82. The summed E-state index contributed by atoms with van der Waals surface area (Å²) in [5.41, 5.74) is 1.83. The highest BCUT2D eigenvalue weighted by atomic mass is 19.4. The van der Waals surface area contributed by atoms with E-state index in [0.29, 0.717) is 23.4 Å². The summed E-state index contributed by atoms with van der Waals surface area (Å²) < 4.78 is 48.2. The number of hydrogen-bond donors (Lipinski definition) is 1. The van der Waals surface area contributed by atoms with Gasteiger partial charge in [0.15, 0.2) is 5.65 Å². The lowest BCUT2D eigenvalue weighted by atomic mass is 10.1. The highest BCUT2D eigenvalue weighted by Gasteiger charge is 2.48. The first kappa shape index (κ1) is 23.1. The zero-order chi connectivity index (χ0) is 25.1. The molecule has 7 nitrogen and oxygen atoms in total. The molecule has 1 saturated carbocycles. The average molecular weight is 498 g/mol. The number of carbonyl (C=O) groups excluding carboxylic acids is 1. The lowest BCUT2D eigenvalue weighted by Gasteiger charge is -2.35. The molecule has 0 spiro atoms. The van der Waals surface area contributed by atoms with Gasteiger partial charge >= 0.3 is 6.18 Å². The summed E-state index contributed by atoms with van der Waals surface area (Å²) in [4.78, 5) is 15.5. The molecule has 0 radical (unpaired) electrons. The molecule has 0 unspecified atom stereocenters. The molecule has 0 atom stereocenters. The van der Waals surface area contributed by atoms with Crippen molar-refractivity contribution in [3.63, 3.8) is 0 Å². The normalized spacial score (nSPS) is 18.1. The number of fused-ring (bicyclic) bond motifs is 3. The number of hydrogen-bond acceptors (Lipinski definition) is 4. The van der Waals surface area contributed by atoms with E-state index in [1.807, 2.05) is 22.9 Å². The highest BCUT2D eigenvalue weighted by molar-refractivity contribution is 6.10. The molecule has 2 aromatic heterocycles. The fourth-order valence-electron chi connectivity index (χ4n) is 5.23. The summed E-state index contributed by atoms with van der Waals surface area (Å²) in [6.07, 6.45) is -0.407. The van der Waals surface area contributed by atoms with E-state index < -0.39 is 11.7 Å². The van der Waals surface area contributed by atoms with E-state index in [0.717, 1.165) is 67.6 Å². The van der Waals surface area contributed by atoms with Gasteiger partial charge in [0.1, 0.15) is 0 Å². The Kier molecular flexibility index (Phi) is 5.34. The van der Waals surface area contributed by atoms with Gasteiger partial charge in [-0.1, -0.05) is 0 Å². The minimum Gasteiger partial charge on any atom is -0.379 e. The van der Waals surface area contributed by atoms with Crippen molar-refractivity contribution in [3.05, 3.63) is 59.8 Å². The predicted octanol–water partition coefficient (Wildman–Crippen LogP) is 4.13. The summed E-state index contributed by atoms with van der Waals surface area (Å²) in [5.74, 6) is -0.143. The molecule has 1 N–H and O–H groups in total. The van der Waals surface area contributed by atoms with Gasteiger partial charge < -0.3 is 10.1 Å². The zero-order valence-corrected chi connectivity index (χ0v) is 19.8. The van der Waals surface area contributed by atoms with Gasteiger partial charge in [0.25, 0.3) is 5.91 Å². The largest absolute Gasteiger partial charge is 0.416 e. The predicted molar refractivity (Wildman–Crippen MR) is 129 cm³/mol. The lowest BCUT2D eigenvalue weighted by molar-refractivity contribution is -0.137. The van der Waals surface area contributed by atoms with Crippen molar-refractivity contribution in [1.29, 1.82) is 0 Å². The van der Waals surface area contributed by atoms with E-state index in [9.17, 15) is 18.0 Å². The van der Waals surface area contributed by atoms with Crippen LogP contribution in [-0.4, -0.2) is 63.5 Å². The van der Waals surface area contributed by atoms with Crippen LogP contribution < -0.4 is 5.32 Å². The monoisotopic (exact) mass is 497 g/mol. The van der Waals surface area contributed by atoms with Gasteiger partial charge in [-0.05, 0) is 55.3 Å². The van der Waals surface area contributed by atoms with Gasteiger partial charge in [0, 0.05) is 60.4 Å². The molecular formula is C26H26F3N5O2. The number of amides is 1. The van der Waals surface area contributed by atoms with E-state index in [1.165, 1.54) is 12.1 Å². The Hall–Kier alpha value is -3.37. The maximum absolute atomic E-state index is 13.1. The Labute approximate surface area is 205 Å². The molecule has 2 aliphatic rings. The third-order valence-corrected chi connectivity index (χ3v) is 7.35. The number of morpholine rings is 1. The fraction of sp³-hybridized carbons (Fsp3) is 0.385. The number of nitrogens with zero attached hydrogens (tertiary/aromatic N) is 4. The van der Waals surface area contributed by atoms with E-state index in [4.69, 9.17) is 4.74 Å². The van der Waals surface area contributed by atoms with Crippen LogP contribution in [0.15, 0.2) is 48.7 Å². The number of rotatable bonds is 5. The summed E-state index contributed by atoms with van der Waals surface area (Å²) in [6, 6.07) is 10.4. The lowest BCUT2D eigenvalue weighted by Crippen LogP contribution is -2.50. The zero-order valence-electron chi connectivity index (χ0n) is 19.8. The number of nitrogens with one attached hydrogen (secondary N) is 1. The van der Waals surface area contributed by atoms with Gasteiger partial charge in [-0.2, -0.15) is 18.3 Å². The first-order valence-corrected chi connectivity index (χ1v) is 12.0. The van der Waals surface area contributed by atoms with Crippen LogP contribution in [0.3, 0.4) is 0 Å². The number of benzene rings is 2. The molecule has 36 heavy (non-hydrogen) atoms. The molecule has 0 bridgehead atoms. The smallest absolute Gasteiger partial charge is 0.379 e. The molecule has 1 saturated heterocycles. The van der Waals surface area contributed by atoms with E-state index >= 15 is 0 Å². The Morgan fingerprint density at radius 2 is 1.81 bits per heavy atom. The molecule has 1 amide bonds. The second-order valence-electron chi connectivity index (χ2n) is 9.66. The third-order valence-electron chi connectivity index (χ3n) is 7.35. The quantitative estimate of drug-likeness (QED) is 0.451. The van der Waals surface area contributed by atoms with Crippen molar-refractivity contribution < 1.29 is 22.7 Å². The number of carbonyl (C=O) groups is 1. The van der Waals surface area contributed by atoms with Crippen molar-refractivity contribution in [2.45, 2.75) is 24.6 Å². The van der Waals surface area contributed by atoms with Crippen molar-refractivity contribution in [2.75, 3.05) is 32.8 Å². The van der Waals surface area contributed by atoms with Crippen molar-refractivity contribution in [2.24, 2.45) is 7.05 Å². The number of halogens is 3. The SMILES string of the molecule is Cn1cc2c3cc(C(=O)NCC4(N5CCOCC5)CC4)ccc3n(-c3ccc(C(F)(F)F)cc3)c2n1. The molecule has 188 valence electrons. The number of aryl methyl sites for hydroxylation is 1. The van der Waals surface area contributed by atoms with Crippen LogP contribution in [-0.2, 0) is 18.0 Å². The second-order valence-corrected chi connectivity index (χ2v) is 9.66. The number of ether oxygens (including phenoxy) is 1. The molecule has 2 fully saturated rings. The highest BCUT2D eigenvalue weighted by Crippen LogP contribution is 2.41. The van der Waals surface area contributed by atoms with Crippen LogP contribution in [0, 0.1) is 0 Å². The molecular weight excluding hydrogens is 471 g/mol. The van der Waals surface area contributed by atoms with E-state index in [2.05, 4.69) is 15.3 Å². The first-order chi connectivity index (χ1) is 17.2. The molecule has 1 aliphatic heterocycles. The summed E-state index contributed by atoms with van der Waals surface area (Å²) in [7, 11) is 1.79. The Morgan fingerprint density at radius 3 is 2.47 bits per heavy atom. The summed E-state index contributed by atoms with van der Waals surface area (Å²) >= 11 is 0. The average Bonchev–Trinajstić information content (AvgIpc) is 3.49. The van der Waals surface area contributed by atoms with Gasteiger partial charge in [-0.15, -0.1) is 0 Å². The fourth-order valence-corrected chi connectivity index (χ4v) is 5.23.